The van der Waals surface area contributed by atoms with Gasteiger partial charge in [-0.25, -0.2) is 4.79 Å². The van der Waals surface area contributed by atoms with Crippen LogP contribution >= 0.6 is 0 Å². The maximum absolute atomic E-state index is 13.1. The van der Waals surface area contributed by atoms with Gasteiger partial charge in [-0.05, 0) is 31.5 Å². The molecule has 0 spiro atoms. The Morgan fingerprint density at radius 1 is 0.943 bits per heavy atom. The lowest BCUT2D eigenvalue weighted by atomic mass is 10.1. The van der Waals surface area contributed by atoms with Crippen molar-refractivity contribution < 1.29 is 32.7 Å². The molecular formula is C25H30F3N3O4. The van der Waals surface area contributed by atoms with Gasteiger partial charge in [0.15, 0.2) is 0 Å². The molecule has 0 aliphatic carbocycles. The number of alkyl halides is 3. The first-order valence-corrected chi connectivity index (χ1v) is 11.2. The van der Waals surface area contributed by atoms with Crippen LogP contribution in [0.25, 0.3) is 0 Å². The van der Waals surface area contributed by atoms with E-state index in [0.29, 0.717) is 25.1 Å². The molecule has 35 heavy (non-hydrogen) atoms. The molecule has 10 heteroatoms. The van der Waals surface area contributed by atoms with E-state index >= 15 is 0 Å². The van der Waals surface area contributed by atoms with Gasteiger partial charge in [-0.2, -0.15) is 13.2 Å². The molecule has 1 saturated heterocycles. The lowest BCUT2D eigenvalue weighted by Crippen LogP contribution is -2.47. The molecular weight excluding hydrogens is 463 g/mol. The molecule has 190 valence electrons. The lowest BCUT2D eigenvalue weighted by Gasteiger charge is -2.29. The number of hydrogen-bond acceptors (Lipinski definition) is 4. The van der Waals surface area contributed by atoms with E-state index in [2.05, 4.69) is 17.4 Å². The summed E-state index contributed by atoms with van der Waals surface area (Å²) in [7, 11) is 0. The Morgan fingerprint density at radius 3 is 1.91 bits per heavy atom. The predicted octanol–water partition coefficient (Wildman–Crippen LogP) is 3.40. The van der Waals surface area contributed by atoms with Crippen LogP contribution in [0.4, 0.5) is 13.2 Å². The van der Waals surface area contributed by atoms with Gasteiger partial charge >= 0.3 is 12.1 Å². The van der Waals surface area contributed by atoms with Crippen LogP contribution in [0.1, 0.15) is 33.5 Å². The second-order valence-electron chi connectivity index (χ2n) is 8.26. The highest BCUT2D eigenvalue weighted by molar-refractivity contribution is 5.94. The molecule has 3 rings (SSSR count). The number of benzene rings is 2. The Kier molecular flexibility index (Phi) is 10.3. The number of carbonyl (C=O) groups excluding carboxylic acids is 2. The monoisotopic (exact) mass is 493 g/mol. The summed E-state index contributed by atoms with van der Waals surface area (Å²) in [4.78, 5) is 38.2. The fourth-order valence-corrected chi connectivity index (χ4v) is 3.35. The van der Waals surface area contributed by atoms with Crippen LogP contribution in [0.15, 0.2) is 48.5 Å². The van der Waals surface area contributed by atoms with E-state index in [1.165, 1.54) is 5.56 Å². The van der Waals surface area contributed by atoms with E-state index in [0.717, 1.165) is 37.3 Å². The normalized spacial score (nSPS) is 13.5. The van der Waals surface area contributed by atoms with Gasteiger partial charge in [-0.15, -0.1) is 0 Å². The number of aliphatic carboxylic acids is 1. The minimum Gasteiger partial charge on any atom is -0.475 e. The molecule has 1 heterocycles. The minimum absolute atomic E-state index is 0.0336. The molecule has 1 aliphatic heterocycles. The number of nitrogens with zero attached hydrogens (tertiary/aromatic N) is 2. The van der Waals surface area contributed by atoms with Crippen molar-refractivity contribution >= 4 is 17.8 Å². The number of rotatable bonds is 6. The molecule has 2 amide bonds. The van der Waals surface area contributed by atoms with Gasteiger partial charge in [-0.3, -0.25) is 9.59 Å². The summed E-state index contributed by atoms with van der Waals surface area (Å²) >= 11 is 0. The smallest absolute Gasteiger partial charge is 0.475 e. The van der Waals surface area contributed by atoms with Gasteiger partial charge < -0.3 is 20.2 Å². The van der Waals surface area contributed by atoms with Crippen LogP contribution in [0.3, 0.4) is 0 Å². The van der Waals surface area contributed by atoms with E-state index < -0.39 is 12.1 Å². The van der Waals surface area contributed by atoms with Crippen molar-refractivity contribution in [2.45, 2.75) is 33.0 Å². The Labute approximate surface area is 202 Å². The molecule has 0 atom stereocenters. The van der Waals surface area contributed by atoms with E-state index in [-0.39, 0.29) is 11.8 Å². The van der Waals surface area contributed by atoms with Crippen LogP contribution in [-0.2, 0) is 16.1 Å². The zero-order valence-electron chi connectivity index (χ0n) is 19.8. The summed E-state index contributed by atoms with van der Waals surface area (Å²) in [6.45, 7) is 8.12. The number of nitrogens with one attached hydrogen (secondary N) is 1. The third-order valence-electron chi connectivity index (χ3n) is 5.39. The van der Waals surface area contributed by atoms with Crippen molar-refractivity contribution in [3.63, 3.8) is 0 Å². The van der Waals surface area contributed by atoms with Crippen LogP contribution in [0.5, 0.6) is 0 Å². The molecule has 2 N–H and O–H groups in total. The first kappa shape index (κ1) is 27.8. The second kappa shape index (κ2) is 12.9. The van der Waals surface area contributed by atoms with E-state index in [1.807, 2.05) is 55.1 Å². The third-order valence-corrected chi connectivity index (χ3v) is 5.39. The van der Waals surface area contributed by atoms with E-state index in [4.69, 9.17) is 9.90 Å². The van der Waals surface area contributed by atoms with Crippen LogP contribution in [0.2, 0.25) is 0 Å². The fourth-order valence-electron chi connectivity index (χ4n) is 3.35. The van der Waals surface area contributed by atoms with E-state index in [1.54, 1.807) is 4.90 Å². The first-order chi connectivity index (χ1) is 16.5. The summed E-state index contributed by atoms with van der Waals surface area (Å²) in [5.41, 5.74) is 4.04. The lowest BCUT2D eigenvalue weighted by molar-refractivity contribution is -0.192. The van der Waals surface area contributed by atoms with Crippen LogP contribution in [0, 0.1) is 13.8 Å². The van der Waals surface area contributed by atoms with Crippen molar-refractivity contribution in [2.75, 3.05) is 32.7 Å². The Balaban J connectivity index is 0.000000540. The molecule has 0 saturated carbocycles. The van der Waals surface area contributed by atoms with Gasteiger partial charge in [-0.1, -0.05) is 47.5 Å². The minimum atomic E-state index is -5.08. The maximum atomic E-state index is 13.1. The molecule has 0 bridgehead atoms. The fraction of sp³-hybridized carbons (Fsp3) is 0.400. The van der Waals surface area contributed by atoms with Crippen molar-refractivity contribution in [3.8, 4) is 0 Å². The highest BCUT2D eigenvalue weighted by atomic mass is 19.4. The number of aryl methyl sites for hydroxylation is 2. The summed E-state index contributed by atoms with van der Waals surface area (Å²) in [6, 6.07) is 15.8. The largest absolute Gasteiger partial charge is 0.490 e. The molecule has 1 fully saturated rings. The predicted molar refractivity (Wildman–Crippen MR) is 125 cm³/mol. The Morgan fingerprint density at radius 2 is 1.43 bits per heavy atom. The average molecular weight is 494 g/mol. The van der Waals surface area contributed by atoms with Crippen molar-refractivity contribution in [2.24, 2.45) is 0 Å². The number of piperazine rings is 1. The maximum Gasteiger partial charge on any atom is 0.490 e. The molecule has 1 aliphatic rings. The third kappa shape index (κ3) is 9.40. The average Bonchev–Trinajstić information content (AvgIpc) is 2.83. The number of carboxylic acid groups (broad SMARTS) is 1. The molecule has 0 radical (unpaired) electrons. The first-order valence-electron chi connectivity index (χ1n) is 11.2. The summed E-state index contributed by atoms with van der Waals surface area (Å²) in [5, 5.41) is 10.4. The zero-order chi connectivity index (χ0) is 26.0. The topological polar surface area (TPSA) is 90.0 Å². The molecule has 2 aromatic carbocycles. The van der Waals surface area contributed by atoms with Gasteiger partial charge in [0.1, 0.15) is 0 Å². The van der Waals surface area contributed by atoms with E-state index in [9.17, 15) is 22.8 Å². The molecule has 2 aromatic rings. The standard InChI is InChI=1S/C23H29N3O2.C2HF3O2/c1-18-3-7-20(8-4-18)17-26(23(28)21-9-5-19(2)6-10-21)14-11-22(27)25-15-12-24-13-16-25;3-2(4,5)1(6)7/h3-10,24H,11-17H2,1-2H3;(H,6,7). The summed E-state index contributed by atoms with van der Waals surface area (Å²) in [5.74, 6) is -2.67. The van der Waals surface area contributed by atoms with Crippen molar-refractivity contribution in [1.82, 2.24) is 15.1 Å². The van der Waals surface area contributed by atoms with Gasteiger partial charge in [0.05, 0.1) is 0 Å². The van der Waals surface area contributed by atoms with Crippen molar-refractivity contribution in [1.29, 1.82) is 0 Å². The number of amides is 2. The SMILES string of the molecule is Cc1ccc(CN(CCC(=O)N2CCNCC2)C(=O)c2ccc(C)cc2)cc1.O=C(O)C(F)(F)F. The highest BCUT2D eigenvalue weighted by Crippen LogP contribution is 2.14. The number of hydrogen-bond donors (Lipinski definition) is 2. The van der Waals surface area contributed by atoms with Gasteiger partial charge in [0.2, 0.25) is 5.91 Å². The van der Waals surface area contributed by atoms with Crippen LogP contribution in [-0.4, -0.2) is 71.6 Å². The summed E-state index contributed by atoms with van der Waals surface area (Å²) in [6.07, 6.45) is -4.73. The molecule has 7 nitrogen and oxygen atoms in total. The van der Waals surface area contributed by atoms with Crippen molar-refractivity contribution in [3.05, 3.63) is 70.8 Å². The van der Waals surface area contributed by atoms with Gasteiger partial charge in [0.25, 0.3) is 5.91 Å². The second-order valence-corrected chi connectivity index (χ2v) is 8.26. The Hall–Kier alpha value is -3.40. The molecule has 0 aromatic heterocycles. The number of carbonyl (C=O) groups is 3. The van der Waals surface area contributed by atoms with Gasteiger partial charge in [0, 0.05) is 51.3 Å². The zero-order valence-corrected chi connectivity index (χ0v) is 19.8. The number of halogens is 3. The summed E-state index contributed by atoms with van der Waals surface area (Å²) < 4.78 is 31.7. The van der Waals surface area contributed by atoms with Crippen LogP contribution < -0.4 is 5.32 Å². The Bertz CT molecular complexity index is 987. The quantitative estimate of drug-likeness (QED) is 0.644. The number of carboxylic acids is 1. The molecule has 0 unspecified atom stereocenters. The highest BCUT2D eigenvalue weighted by Gasteiger charge is 2.38.